The number of unbranched alkanes of at least 4 members (excludes halogenated alkanes) is 6. The van der Waals surface area contributed by atoms with Crippen LogP contribution < -0.4 is 43.2 Å². The van der Waals surface area contributed by atoms with E-state index in [1.807, 2.05) is 12.1 Å². The fraction of sp³-hybridized carbons (Fsp3) is 0.667. The van der Waals surface area contributed by atoms with Crippen molar-refractivity contribution in [2.24, 2.45) is 32.9 Å². The number of carbonyl (C=O) groups excluding carboxylic acids is 3. The van der Waals surface area contributed by atoms with E-state index in [0.717, 1.165) is 25.9 Å². The Labute approximate surface area is 279 Å². The molecule has 2 atom stereocenters. The van der Waals surface area contributed by atoms with Crippen LogP contribution in [0.5, 0.6) is 5.75 Å². The molecule has 1 heterocycles. The summed E-state index contributed by atoms with van der Waals surface area (Å²) in [4.78, 5) is 48.9. The number of nitrogens with zero attached hydrogens (tertiary/aromatic N) is 3. The first kappa shape index (κ1) is 39.0. The standard InChI is InChI=1S/C33H57N9O5/c1-3-4-5-6-7-8-9-20-42-21-12-13-24-22-25(16-17-28(24)42)47-23-29(43)40-26(14-10-18-38-32(34)35)30(44)41-27(31(45)46-2)15-11-19-39-33(36)37/h16-17,22,26-27H,3-15,18-21,23H2,1-2H3,(H,40,43)(H,41,44)(H4,34,35,38)(H4,36,37,39)/t26-,27-/m0/s1. The van der Waals surface area contributed by atoms with Crippen LogP contribution in [-0.2, 0) is 25.5 Å². The van der Waals surface area contributed by atoms with Crippen LogP contribution in [-0.4, -0.2) is 81.7 Å². The Morgan fingerprint density at radius 1 is 0.872 bits per heavy atom. The number of ether oxygens (including phenoxy) is 2. The Hall–Kier alpha value is -4.23. The minimum absolute atomic E-state index is 0.0643. The van der Waals surface area contributed by atoms with E-state index in [1.165, 1.54) is 63.3 Å². The molecule has 0 spiro atoms. The first-order valence-electron chi connectivity index (χ1n) is 16.9. The third kappa shape index (κ3) is 15.7. The zero-order chi connectivity index (χ0) is 34.4. The predicted molar refractivity (Wildman–Crippen MR) is 186 cm³/mol. The Morgan fingerprint density at radius 2 is 1.51 bits per heavy atom. The van der Waals surface area contributed by atoms with Gasteiger partial charge in [-0.15, -0.1) is 0 Å². The molecule has 14 heteroatoms. The van der Waals surface area contributed by atoms with Gasteiger partial charge in [0.25, 0.3) is 5.91 Å². The summed E-state index contributed by atoms with van der Waals surface area (Å²) in [6.07, 6.45) is 12.3. The second-order valence-electron chi connectivity index (χ2n) is 11.9. The van der Waals surface area contributed by atoms with Crippen LogP contribution in [0.15, 0.2) is 28.2 Å². The molecule has 0 fully saturated rings. The van der Waals surface area contributed by atoms with Crippen molar-refractivity contribution in [3.05, 3.63) is 23.8 Å². The lowest BCUT2D eigenvalue weighted by Gasteiger charge is -2.31. The molecule has 1 aliphatic rings. The van der Waals surface area contributed by atoms with Gasteiger partial charge in [0.2, 0.25) is 5.91 Å². The van der Waals surface area contributed by atoms with Crippen molar-refractivity contribution in [3.63, 3.8) is 0 Å². The fourth-order valence-electron chi connectivity index (χ4n) is 5.56. The zero-order valence-electron chi connectivity index (χ0n) is 28.3. The number of hydrogen-bond acceptors (Lipinski definition) is 8. The Balaban J connectivity index is 1.97. The van der Waals surface area contributed by atoms with Gasteiger partial charge in [-0.2, -0.15) is 0 Å². The summed E-state index contributed by atoms with van der Waals surface area (Å²) in [5, 5.41) is 5.41. The average molecular weight is 660 g/mol. The highest BCUT2D eigenvalue weighted by atomic mass is 16.5. The van der Waals surface area contributed by atoms with E-state index in [1.54, 1.807) is 0 Å². The number of rotatable bonds is 23. The number of guanidine groups is 2. The summed E-state index contributed by atoms with van der Waals surface area (Å²) in [5.74, 6) is -1.18. The lowest BCUT2D eigenvalue weighted by Crippen LogP contribution is -2.52. The Morgan fingerprint density at radius 3 is 2.15 bits per heavy atom. The minimum Gasteiger partial charge on any atom is -0.484 e. The molecular weight excluding hydrogens is 602 g/mol. The maximum Gasteiger partial charge on any atom is 0.328 e. The fourth-order valence-corrected chi connectivity index (χ4v) is 5.56. The van der Waals surface area contributed by atoms with Gasteiger partial charge in [-0.25, -0.2) is 4.79 Å². The molecule has 10 N–H and O–H groups in total. The van der Waals surface area contributed by atoms with E-state index < -0.39 is 29.9 Å². The quantitative estimate of drug-likeness (QED) is 0.0432. The molecule has 1 aromatic rings. The van der Waals surface area contributed by atoms with Gasteiger partial charge in [-0.3, -0.25) is 19.6 Å². The third-order valence-corrected chi connectivity index (χ3v) is 8.01. The molecule has 14 nitrogen and oxygen atoms in total. The number of nitrogens with two attached hydrogens (primary N) is 4. The van der Waals surface area contributed by atoms with Crippen molar-refractivity contribution in [1.82, 2.24) is 10.6 Å². The maximum absolute atomic E-state index is 13.3. The molecule has 2 rings (SSSR count). The number of aryl methyl sites for hydroxylation is 1. The van der Waals surface area contributed by atoms with Crippen molar-refractivity contribution in [2.45, 2.75) is 102 Å². The van der Waals surface area contributed by atoms with Gasteiger partial charge < -0.3 is 47.9 Å². The van der Waals surface area contributed by atoms with E-state index in [9.17, 15) is 14.4 Å². The number of esters is 1. The molecule has 0 saturated heterocycles. The highest BCUT2D eigenvalue weighted by molar-refractivity contribution is 5.91. The second kappa shape index (κ2) is 22.3. The summed E-state index contributed by atoms with van der Waals surface area (Å²) < 4.78 is 10.7. The van der Waals surface area contributed by atoms with E-state index in [2.05, 4.69) is 38.5 Å². The minimum atomic E-state index is -0.964. The highest BCUT2D eigenvalue weighted by Crippen LogP contribution is 2.31. The van der Waals surface area contributed by atoms with E-state index >= 15 is 0 Å². The average Bonchev–Trinajstić information content (AvgIpc) is 3.05. The van der Waals surface area contributed by atoms with Crippen LogP contribution in [0.25, 0.3) is 0 Å². The molecular formula is C33H57N9O5. The van der Waals surface area contributed by atoms with E-state index in [0.29, 0.717) is 18.6 Å². The van der Waals surface area contributed by atoms with Crippen molar-refractivity contribution >= 4 is 35.4 Å². The number of fused-ring (bicyclic) bond motifs is 1. The number of benzene rings is 1. The van der Waals surface area contributed by atoms with E-state index in [4.69, 9.17) is 32.4 Å². The van der Waals surface area contributed by atoms with Gasteiger partial charge in [-0.1, -0.05) is 45.4 Å². The van der Waals surface area contributed by atoms with Gasteiger partial charge >= 0.3 is 5.97 Å². The molecule has 0 saturated carbocycles. The van der Waals surface area contributed by atoms with Crippen molar-refractivity contribution in [2.75, 3.05) is 44.8 Å². The van der Waals surface area contributed by atoms with Gasteiger partial charge in [-0.05, 0) is 68.7 Å². The lowest BCUT2D eigenvalue weighted by molar-refractivity contribution is -0.145. The maximum atomic E-state index is 13.3. The molecule has 0 aliphatic carbocycles. The van der Waals surface area contributed by atoms with Crippen LogP contribution in [0.1, 0.15) is 89.5 Å². The van der Waals surface area contributed by atoms with Crippen LogP contribution in [0.4, 0.5) is 5.69 Å². The predicted octanol–water partition coefficient (Wildman–Crippen LogP) is 1.82. The van der Waals surface area contributed by atoms with Gasteiger partial charge in [0, 0.05) is 31.9 Å². The molecule has 0 unspecified atom stereocenters. The van der Waals surface area contributed by atoms with Crippen molar-refractivity contribution < 1.29 is 23.9 Å². The summed E-state index contributed by atoms with van der Waals surface area (Å²) in [6.45, 7) is 4.60. The third-order valence-electron chi connectivity index (χ3n) is 8.01. The second-order valence-corrected chi connectivity index (χ2v) is 11.9. The van der Waals surface area contributed by atoms with Crippen LogP contribution in [0.2, 0.25) is 0 Å². The molecule has 0 bridgehead atoms. The van der Waals surface area contributed by atoms with Crippen LogP contribution in [0, 0.1) is 0 Å². The summed E-state index contributed by atoms with van der Waals surface area (Å²) >= 11 is 0. The molecule has 47 heavy (non-hydrogen) atoms. The van der Waals surface area contributed by atoms with Crippen molar-refractivity contribution in [3.8, 4) is 5.75 Å². The van der Waals surface area contributed by atoms with E-state index in [-0.39, 0.29) is 44.5 Å². The summed E-state index contributed by atoms with van der Waals surface area (Å²) in [7, 11) is 1.23. The number of carbonyl (C=O) groups is 3. The first-order chi connectivity index (χ1) is 22.6. The van der Waals surface area contributed by atoms with Crippen molar-refractivity contribution in [1.29, 1.82) is 0 Å². The van der Waals surface area contributed by atoms with Gasteiger partial charge in [0.1, 0.15) is 17.8 Å². The molecule has 0 radical (unpaired) electrons. The Kier molecular flexibility index (Phi) is 18.5. The SMILES string of the molecule is CCCCCCCCCN1CCCc2cc(OCC(=O)N[C@@H](CCCN=C(N)N)C(=O)N[C@@H](CCCN=C(N)N)C(=O)OC)ccc21. The first-order valence-corrected chi connectivity index (χ1v) is 16.9. The van der Waals surface area contributed by atoms with Gasteiger partial charge in [0.15, 0.2) is 18.5 Å². The molecule has 2 amide bonds. The molecule has 264 valence electrons. The summed E-state index contributed by atoms with van der Waals surface area (Å²) in [6, 6.07) is 4.05. The molecule has 1 aromatic carbocycles. The summed E-state index contributed by atoms with van der Waals surface area (Å²) in [5.41, 5.74) is 24.0. The number of nitrogens with one attached hydrogen (secondary N) is 2. The lowest BCUT2D eigenvalue weighted by atomic mass is 10.0. The molecule has 1 aliphatic heterocycles. The smallest absolute Gasteiger partial charge is 0.328 e. The number of aliphatic imine (C=N–C) groups is 2. The van der Waals surface area contributed by atoms with Crippen LogP contribution >= 0.6 is 0 Å². The largest absolute Gasteiger partial charge is 0.484 e. The van der Waals surface area contributed by atoms with Crippen LogP contribution in [0.3, 0.4) is 0 Å². The number of anilines is 1. The monoisotopic (exact) mass is 659 g/mol. The molecule has 0 aromatic heterocycles. The number of amides is 2. The topological polar surface area (TPSA) is 226 Å². The zero-order valence-corrected chi connectivity index (χ0v) is 28.3. The Bertz CT molecular complexity index is 1170. The number of methoxy groups -OCH3 is 1. The number of hydrogen-bond donors (Lipinski definition) is 6. The normalized spacial score (nSPS) is 13.4. The van der Waals surface area contributed by atoms with Gasteiger partial charge in [0.05, 0.1) is 7.11 Å². The highest BCUT2D eigenvalue weighted by Gasteiger charge is 2.27.